The maximum atomic E-state index is 12.6. The van der Waals surface area contributed by atoms with Crippen LogP contribution in [0.2, 0.25) is 0 Å². The number of rotatable bonds is 3. The zero-order valence-corrected chi connectivity index (χ0v) is 13.8. The van der Waals surface area contributed by atoms with Crippen LogP contribution in [-0.4, -0.2) is 36.0 Å². The second kappa shape index (κ2) is 6.48. The van der Waals surface area contributed by atoms with Crippen LogP contribution in [0.25, 0.3) is 10.6 Å². The highest BCUT2D eigenvalue weighted by molar-refractivity contribution is 7.17. The summed E-state index contributed by atoms with van der Waals surface area (Å²) >= 11 is 1.48. The number of piperidine rings is 1. The summed E-state index contributed by atoms with van der Waals surface area (Å²) in [6.07, 6.45) is 3.44. The number of benzene rings is 1. The molecule has 4 nitrogen and oxygen atoms in total. The maximum absolute atomic E-state index is 12.6. The Balaban J connectivity index is 1.84. The number of aryl methyl sites for hydroxylation is 1. The largest absolute Gasteiger partial charge is 0.497 e. The van der Waals surface area contributed by atoms with E-state index in [9.17, 15) is 4.79 Å². The van der Waals surface area contributed by atoms with Crippen LogP contribution in [0.4, 0.5) is 0 Å². The molecule has 22 heavy (non-hydrogen) atoms. The lowest BCUT2D eigenvalue weighted by Crippen LogP contribution is -2.35. The SMILES string of the molecule is COc1ccc(-c2nc(C)c(C(=O)N3CCCCC3)s2)cc1. The van der Waals surface area contributed by atoms with Crippen LogP contribution in [0.1, 0.15) is 34.6 Å². The highest BCUT2D eigenvalue weighted by Crippen LogP contribution is 2.30. The fourth-order valence-electron chi connectivity index (χ4n) is 2.69. The zero-order valence-electron chi connectivity index (χ0n) is 13.0. The van der Waals surface area contributed by atoms with Crippen molar-refractivity contribution in [3.8, 4) is 16.3 Å². The summed E-state index contributed by atoms with van der Waals surface area (Å²) in [5.74, 6) is 0.955. The molecule has 1 aliphatic rings. The molecule has 0 bridgehead atoms. The van der Waals surface area contributed by atoms with Gasteiger partial charge in [0.05, 0.1) is 12.8 Å². The van der Waals surface area contributed by atoms with Crippen molar-refractivity contribution < 1.29 is 9.53 Å². The molecule has 1 aromatic carbocycles. The van der Waals surface area contributed by atoms with Crippen LogP contribution >= 0.6 is 11.3 Å². The van der Waals surface area contributed by atoms with Gasteiger partial charge in [-0.25, -0.2) is 4.98 Å². The van der Waals surface area contributed by atoms with E-state index < -0.39 is 0 Å². The van der Waals surface area contributed by atoms with Gasteiger partial charge in [0, 0.05) is 18.7 Å². The van der Waals surface area contributed by atoms with Gasteiger partial charge in [-0.3, -0.25) is 4.79 Å². The third-order valence-electron chi connectivity index (χ3n) is 3.97. The number of hydrogen-bond donors (Lipinski definition) is 0. The Labute approximate surface area is 134 Å². The molecular formula is C17H20N2O2S. The Bertz CT molecular complexity index is 658. The van der Waals surface area contributed by atoms with Gasteiger partial charge in [-0.2, -0.15) is 0 Å². The Morgan fingerprint density at radius 2 is 1.86 bits per heavy atom. The minimum atomic E-state index is 0.134. The summed E-state index contributed by atoms with van der Waals surface area (Å²) in [7, 11) is 1.65. The lowest BCUT2D eigenvalue weighted by atomic mass is 10.1. The number of ether oxygens (including phenoxy) is 1. The number of carbonyl (C=O) groups is 1. The zero-order chi connectivity index (χ0) is 15.5. The second-order valence-electron chi connectivity index (χ2n) is 5.51. The Hall–Kier alpha value is -1.88. The molecule has 0 N–H and O–H groups in total. The molecule has 1 aromatic heterocycles. The highest BCUT2D eigenvalue weighted by atomic mass is 32.1. The summed E-state index contributed by atoms with van der Waals surface area (Å²) in [4.78, 5) is 20.0. The van der Waals surface area contributed by atoms with Crippen LogP contribution in [-0.2, 0) is 0 Å². The van der Waals surface area contributed by atoms with Gasteiger partial charge in [-0.05, 0) is 50.5 Å². The molecule has 1 fully saturated rings. The fourth-order valence-corrected chi connectivity index (χ4v) is 3.73. The second-order valence-corrected chi connectivity index (χ2v) is 6.51. The molecule has 0 unspecified atom stereocenters. The highest BCUT2D eigenvalue weighted by Gasteiger charge is 2.23. The molecular weight excluding hydrogens is 296 g/mol. The van der Waals surface area contributed by atoms with Gasteiger partial charge in [0.25, 0.3) is 5.91 Å². The fraction of sp³-hybridized carbons (Fsp3) is 0.412. The number of carbonyl (C=O) groups excluding carboxylic acids is 1. The van der Waals surface area contributed by atoms with Gasteiger partial charge in [-0.1, -0.05) is 0 Å². The maximum Gasteiger partial charge on any atom is 0.265 e. The summed E-state index contributed by atoms with van der Waals surface area (Å²) in [5, 5.41) is 0.889. The molecule has 3 rings (SSSR count). The van der Waals surface area contributed by atoms with Gasteiger partial charge in [0.15, 0.2) is 0 Å². The van der Waals surface area contributed by atoms with E-state index in [0.29, 0.717) is 0 Å². The third-order valence-corrected chi connectivity index (χ3v) is 5.17. The molecule has 0 aliphatic carbocycles. The molecule has 0 radical (unpaired) electrons. The van der Waals surface area contributed by atoms with E-state index in [1.54, 1.807) is 7.11 Å². The number of likely N-dealkylation sites (tertiary alicyclic amines) is 1. The summed E-state index contributed by atoms with van der Waals surface area (Å²) in [6.45, 7) is 3.66. The molecule has 1 saturated heterocycles. The molecule has 2 aromatic rings. The Morgan fingerprint density at radius 3 is 2.50 bits per heavy atom. The molecule has 0 spiro atoms. The molecule has 1 aliphatic heterocycles. The minimum Gasteiger partial charge on any atom is -0.497 e. The summed E-state index contributed by atoms with van der Waals surface area (Å²) in [5.41, 5.74) is 1.85. The van der Waals surface area contributed by atoms with Crippen molar-refractivity contribution in [1.82, 2.24) is 9.88 Å². The van der Waals surface area contributed by atoms with Crippen LogP contribution in [0.3, 0.4) is 0 Å². The van der Waals surface area contributed by atoms with E-state index >= 15 is 0 Å². The summed E-state index contributed by atoms with van der Waals surface area (Å²) < 4.78 is 5.17. The Morgan fingerprint density at radius 1 is 1.18 bits per heavy atom. The Kier molecular flexibility index (Phi) is 4.43. The monoisotopic (exact) mass is 316 g/mol. The first-order chi connectivity index (χ1) is 10.7. The average molecular weight is 316 g/mol. The van der Waals surface area contributed by atoms with Crippen molar-refractivity contribution in [1.29, 1.82) is 0 Å². The van der Waals surface area contributed by atoms with Crippen molar-refractivity contribution in [2.24, 2.45) is 0 Å². The first kappa shape index (κ1) is 15.0. The smallest absolute Gasteiger partial charge is 0.265 e. The van der Waals surface area contributed by atoms with E-state index in [1.165, 1.54) is 17.8 Å². The van der Waals surface area contributed by atoms with Crippen LogP contribution in [0.5, 0.6) is 5.75 Å². The van der Waals surface area contributed by atoms with Gasteiger partial charge < -0.3 is 9.64 Å². The molecule has 2 heterocycles. The molecule has 0 atom stereocenters. The van der Waals surface area contributed by atoms with E-state index in [-0.39, 0.29) is 5.91 Å². The number of nitrogens with zero attached hydrogens (tertiary/aromatic N) is 2. The first-order valence-corrected chi connectivity index (χ1v) is 8.42. The van der Waals surface area contributed by atoms with Crippen LogP contribution < -0.4 is 4.74 Å². The van der Waals surface area contributed by atoms with Crippen molar-refractivity contribution in [3.63, 3.8) is 0 Å². The average Bonchev–Trinajstić information content (AvgIpc) is 2.97. The van der Waals surface area contributed by atoms with Gasteiger partial charge in [-0.15, -0.1) is 11.3 Å². The number of hydrogen-bond acceptors (Lipinski definition) is 4. The van der Waals surface area contributed by atoms with E-state index in [4.69, 9.17) is 4.74 Å². The van der Waals surface area contributed by atoms with Crippen molar-refractivity contribution in [3.05, 3.63) is 34.8 Å². The normalized spacial score (nSPS) is 14.9. The third kappa shape index (κ3) is 2.99. The molecule has 1 amide bonds. The molecule has 5 heteroatoms. The van der Waals surface area contributed by atoms with Crippen molar-refractivity contribution >= 4 is 17.2 Å². The van der Waals surface area contributed by atoms with Crippen molar-refractivity contribution in [2.75, 3.05) is 20.2 Å². The van der Waals surface area contributed by atoms with E-state index in [1.807, 2.05) is 36.1 Å². The van der Waals surface area contributed by atoms with E-state index in [0.717, 1.165) is 52.8 Å². The van der Waals surface area contributed by atoms with Gasteiger partial charge in [0.1, 0.15) is 15.6 Å². The van der Waals surface area contributed by atoms with Gasteiger partial charge in [0.2, 0.25) is 0 Å². The first-order valence-electron chi connectivity index (χ1n) is 7.60. The van der Waals surface area contributed by atoms with Gasteiger partial charge >= 0.3 is 0 Å². The topological polar surface area (TPSA) is 42.4 Å². The molecule has 0 saturated carbocycles. The van der Waals surface area contributed by atoms with Crippen LogP contribution in [0, 0.1) is 6.92 Å². The van der Waals surface area contributed by atoms with E-state index in [2.05, 4.69) is 4.98 Å². The predicted molar refractivity (Wildman–Crippen MR) is 88.6 cm³/mol. The predicted octanol–water partition coefficient (Wildman–Crippen LogP) is 3.75. The number of aromatic nitrogens is 1. The van der Waals surface area contributed by atoms with Crippen LogP contribution in [0.15, 0.2) is 24.3 Å². The number of thiazole rings is 1. The lowest BCUT2D eigenvalue weighted by molar-refractivity contribution is 0.0728. The number of methoxy groups -OCH3 is 1. The van der Waals surface area contributed by atoms with Crippen molar-refractivity contribution in [2.45, 2.75) is 26.2 Å². The lowest BCUT2D eigenvalue weighted by Gasteiger charge is -2.26. The number of amides is 1. The molecule has 116 valence electrons. The standard InChI is InChI=1S/C17H20N2O2S/c1-12-15(17(20)19-10-4-3-5-11-19)22-16(18-12)13-6-8-14(21-2)9-7-13/h6-9H,3-5,10-11H2,1-2H3. The summed E-state index contributed by atoms with van der Waals surface area (Å²) in [6, 6.07) is 7.79. The minimum absolute atomic E-state index is 0.134. The quantitative estimate of drug-likeness (QED) is 0.866.